The van der Waals surface area contributed by atoms with Crippen LogP contribution in [-0.4, -0.2) is 6.54 Å². The van der Waals surface area contributed by atoms with Crippen LogP contribution in [0.1, 0.15) is 79.1 Å². The number of hydrogen-bond acceptors (Lipinski definition) is 1. The third-order valence-corrected chi connectivity index (χ3v) is 5.85. The van der Waals surface area contributed by atoms with Gasteiger partial charge in [0.25, 0.3) is 0 Å². The molecule has 0 bridgehead atoms. The molecule has 0 aromatic heterocycles. The van der Waals surface area contributed by atoms with E-state index in [-0.39, 0.29) is 0 Å². The molecular weight excluding hydrogens is 242 g/mol. The van der Waals surface area contributed by atoms with Crippen LogP contribution in [-0.2, 0) is 0 Å². The van der Waals surface area contributed by atoms with Gasteiger partial charge in [0.05, 0.1) is 0 Å². The van der Waals surface area contributed by atoms with Crippen molar-refractivity contribution in [3.8, 4) is 0 Å². The zero-order valence-corrected chi connectivity index (χ0v) is 14.2. The molecule has 3 atom stereocenters. The van der Waals surface area contributed by atoms with E-state index in [9.17, 15) is 0 Å². The summed E-state index contributed by atoms with van der Waals surface area (Å²) < 4.78 is 0. The third-order valence-electron chi connectivity index (χ3n) is 5.85. The van der Waals surface area contributed by atoms with Gasteiger partial charge in [-0.2, -0.15) is 0 Å². The predicted octanol–water partition coefficient (Wildman–Crippen LogP) is 5.52. The minimum absolute atomic E-state index is 0.488. The molecule has 0 amide bonds. The fraction of sp³-hybridized carbons (Fsp3) is 0.895. The summed E-state index contributed by atoms with van der Waals surface area (Å²) in [6.07, 6.45) is 13.6. The van der Waals surface area contributed by atoms with Crippen LogP contribution in [0.4, 0.5) is 0 Å². The molecular formula is C19H35N. The highest BCUT2D eigenvalue weighted by Crippen LogP contribution is 2.44. The van der Waals surface area contributed by atoms with Crippen molar-refractivity contribution in [1.29, 1.82) is 0 Å². The van der Waals surface area contributed by atoms with Gasteiger partial charge in [-0.15, -0.1) is 0 Å². The summed E-state index contributed by atoms with van der Waals surface area (Å²) in [5, 5.41) is 3.61. The number of nitrogens with one attached hydrogen (secondary N) is 1. The molecule has 1 nitrogen and oxygen atoms in total. The Kier molecular flexibility index (Phi) is 5.57. The quantitative estimate of drug-likeness (QED) is 0.674. The highest BCUT2D eigenvalue weighted by molar-refractivity contribution is 5.16. The molecule has 20 heavy (non-hydrogen) atoms. The van der Waals surface area contributed by atoms with E-state index in [4.69, 9.17) is 0 Å². The number of rotatable bonds is 6. The van der Waals surface area contributed by atoms with Crippen LogP contribution in [0.3, 0.4) is 0 Å². The lowest BCUT2D eigenvalue weighted by Crippen LogP contribution is -2.37. The predicted molar refractivity (Wildman–Crippen MR) is 88.6 cm³/mol. The van der Waals surface area contributed by atoms with Gasteiger partial charge < -0.3 is 5.32 Å². The van der Waals surface area contributed by atoms with Gasteiger partial charge in [0.15, 0.2) is 0 Å². The van der Waals surface area contributed by atoms with Gasteiger partial charge in [-0.3, -0.25) is 0 Å². The van der Waals surface area contributed by atoms with E-state index in [1.54, 1.807) is 5.57 Å². The highest BCUT2D eigenvalue weighted by Gasteiger charge is 2.35. The van der Waals surface area contributed by atoms with Crippen molar-refractivity contribution in [1.82, 2.24) is 5.32 Å². The molecule has 2 aliphatic rings. The molecule has 0 radical (unpaired) electrons. The zero-order valence-electron chi connectivity index (χ0n) is 14.2. The lowest BCUT2D eigenvalue weighted by Gasteiger charge is -2.41. The molecule has 0 saturated heterocycles. The normalized spacial score (nSPS) is 28.3. The van der Waals surface area contributed by atoms with Crippen molar-refractivity contribution in [2.75, 3.05) is 6.54 Å². The van der Waals surface area contributed by atoms with Gasteiger partial charge in [0.1, 0.15) is 0 Å². The summed E-state index contributed by atoms with van der Waals surface area (Å²) in [4.78, 5) is 0. The van der Waals surface area contributed by atoms with E-state index >= 15 is 0 Å². The Morgan fingerprint density at radius 1 is 1.25 bits per heavy atom. The van der Waals surface area contributed by atoms with Crippen molar-refractivity contribution < 1.29 is 0 Å². The maximum absolute atomic E-state index is 3.61. The average molecular weight is 277 g/mol. The molecule has 0 spiro atoms. The number of hydrogen-bond donors (Lipinski definition) is 1. The Morgan fingerprint density at radius 2 is 2.00 bits per heavy atom. The number of allylic oxidation sites excluding steroid dienone is 1. The van der Waals surface area contributed by atoms with E-state index in [2.05, 4.69) is 39.2 Å². The Morgan fingerprint density at radius 3 is 2.70 bits per heavy atom. The molecule has 116 valence electrons. The largest absolute Gasteiger partial charge is 0.391 e. The molecule has 1 saturated carbocycles. The summed E-state index contributed by atoms with van der Waals surface area (Å²) in [7, 11) is 0. The molecule has 0 aromatic carbocycles. The topological polar surface area (TPSA) is 12.0 Å². The summed E-state index contributed by atoms with van der Waals surface area (Å²) in [5.74, 6) is 2.63. The fourth-order valence-electron chi connectivity index (χ4n) is 4.29. The smallest absolute Gasteiger partial charge is 0.0175 e. The van der Waals surface area contributed by atoms with Gasteiger partial charge in [-0.1, -0.05) is 53.4 Å². The second-order valence-corrected chi connectivity index (χ2v) is 7.91. The van der Waals surface area contributed by atoms with Crippen molar-refractivity contribution in [2.45, 2.75) is 79.1 Å². The molecule has 1 fully saturated rings. The first kappa shape index (κ1) is 15.9. The SMILES string of the molecule is CCC[C@H](CC(C)(C)CC)C1=CNC[C@@H]2CCCC[C@H]12. The zero-order chi connectivity index (χ0) is 14.6. The first-order valence-electron chi connectivity index (χ1n) is 9.00. The molecule has 1 aliphatic carbocycles. The Bertz CT molecular complexity index is 329. The first-order valence-corrected chi connectivity index (χ1v) is 9.00. The lowest BCUT2D eigenvalue weighted by atomic mass is 9.67. The van der Waals surface area contributed by atoms with E-state index < -0.39 is 0 Å². The van der Waals surface area contributed by atoms with Crippen LogP contribution in [0.5, 0.6) is 0 Å². The van der Waals surface area contributed by atoms with Crippen molar-refractivity contribution in [3.63, 3.8) is 0 Å². The van der Waals surface area contributed by atoms with E-state index in [0.29, 0.717) is 5.41 Å². The Balaban J connectivity index is 2.12. The molecule has 1 aliphatic heterocycles. The minimum atomic E-state index is 0.488. The summed E-state index contributed by atoms with van der Waals surface area (Å²) >= 11 is 0. The molecule has 1 heteroatoms. The highest BCUT2D eigenvalue weighted by atomic mass is 14.9. The minimum Gasteiger partial charge on any atom is -0.391 e. The van der Waals surface area contributed by atoms with Crippen LogP contribution in [0.15, 0.2) is 11.8 Å². The average Bonchev–Trinajstić information content (AvgIpc) is 2.46. The van der Waals surface area contributed by atoms with Crippen molar-refractivity contribution >= 4 is 0 Å². The van der Waals surface area contributed by atoms with Gasteiger partial charge in [0.2, 0.25) is 0 Å². The number of fused-ring (bicyclic) bond motifs is 1. The Hall–Kier alpha value is -0.460. The fourth-order valence-corrected chi connectivity index (χ4v) is 4.29. The second-order valence-electron chi connectivity index (χ2n) is 7.91. The van der Waals surface area contributed by atoms with Crippen LogP contribution in [0, 0.1) is 23.2 Å². The third kappa shape index (κ3) is 3.80. The first-order chi connectivity index (χ1) is 9.57. The van der Waals surface area contributed by atoms with Gasteiger partial charge in [0, 0.05) is 6.54 Å². The maximum atomic E-state index is 3.61. The monoisotopic (exact) mass is 277 g/mol. The van der Waals surface area contributed by atoms with E-state index in [0.717, 1.165) is 17.8 Å². The van der Waals surface area contributed by atoms with Gasteiger partial charge in [-0.25, -0.2) is 0 Å². The van der Waals surface area contributed by atoms with Crippen LogP contribution in [0.2, 0.25) is 0 Å². The molecule has 1 N–H and O–H groups in total. The molecule has 1 heterocycles. The summed E-state index contributed by atoms with van der Waals surface area (Å²) in [5.41, 5.74) is 2.27. The van der Waals surface area contributed by atoms with Crippen molar-refractivity contribution in [2.24, 2.45) is 23.2 Å². The van der Waals surface area contributed by atoms with E-state index in [1.807, 2.05) is 0 Å². The van der Waals surface area contributed by atoms with Crippen molar-refractivity contribution in [3.05, 3.63) is 11.8 Å². The lowest BCUT2D eigenvalue weighted by molar-refractivity contribution is 0.205. The maximum Gasteiger partial charge on any atom is 0.0175 e. The molecule has 2 rings (SSSR count). The molecule has 0 aromatic rings. The second kappa shape index (κ2) is 7.00. The van der Waals surface area contributed by atoms with Gasteiger partial charge >= 0.3 is 0 Å². The molecule has 0 unspecified atom stereocenters. The van der Waals surface area contributed by atoms with Crippen LogP contribution >= 0.6 is 0 Å². The van der Waals surface area contributed by atoms with Gasteiger partial charge in [-0.05, 0) is 60.6 Å². The van der Waals surface area contributed by atoms with Crippen LogP contribution in [0.25, 0.3) is 0 Å². The summed E-state index contributed by atoms with van der Waals surface area (Å²) in [6, 6.07) is 0. The van der Waals surface area contributed by atoms with Crippen LogP contribution < -0.4 is 5.32 Å². The standard InChI is InChI=1S/C19H35N/c1-5-9-15(12-19(3,4)6-2)18-14-20-13-16-10-7-8-11-17(16)18/h14-17,20H,5-13H2,1-4H3/t15-,16+,17+/m1/s1. The Labute approximate surface area is 126 Å². The summed E-state index contributed by atoms with van der Waals surface area (Å²) in [6.45, 7) is 10.8. The van der Waals surface area contributed by atoms with E-state index in [1.165, 1.54) is 57.9 Å².